The number of hydrogen-bond donors (Lipinski definition) is 1. The molecule has 26 heavy (non-hydrogen) atoms. The first-order valence-electron chi connectivity index (χ1n) is 8.27. The van der Waals surface area contributed by atoms with Crippen LogP contribution in [-0.4, -0.2) is 5.11 Å². The van der Waals surface area contributed by atoms with Crippen molar-refractivity contribution in [2.24, 2.45) is 0 Å². The lowest BCUT2D eigenvalue weighted by atomic mass is 10.0. The summed E-state index contributed by atoms with van der Waals surface area (Å²) in [5.41, 5.74) is 2.96. The smallest absolute Gasteiger partial charge is 0.178 e. The Kier molecular flexibility index (Phi) is 2.55. The summed E-state index contributed by atoms with van der Waals surface area (Å²) in [5, 5.41) is 16.4. The van der Waals surface area contributed by atoms with Crippen LogP contribution in [0, 0.1) is 0 Å². The van der Waals surface area contributed by atoms with Crippen LogP contribution in [0.3, 0.4) is 0 Å². The molecule has 4 aromatic carbocycles. The zero-order valence-electron chi connectivity index (χ0n) is 13.4. The van der Waals surface area contributed by atoms with Gasteiger partial charge >= 0.3 is 0 Å². The normalized spacial score (nSPS) is 12.2. The quantitative estimate of drug-likeness (QED) is 0.318. The van der Waals surface area contributed by atoms with E-state index in [-0.39, 0.29) is 5.75 Å². The molecule has 2 aromatic heterocycles. The maximum absolute atomic E-state index is 9.73. The summed E-state index contributed by atoms with van der Waals surface area (Å²) in [4.78, 5) is 0. The van der Waals surface area contributed by atoms with Gasteiger partial charge in [0.15, 0.2) is 11.2 Å². The molecule has 0 fully saturated rings. The molecule has 4 heteroatoms. The van der Waals surface area contributed by atoms with Crippen LogP contribution in [0.25, 0.3) is 54.6 Å². The lowest BCUT2D eigenvalue weighted by molar-refractivity contribution is 0.476. The molecule has 0 atom stereocenters. The van der Waals surface area contributed by atoms with Crippen molar-refractivity contribution in [2.45, 2.75) is 0 Å². The number of halogens is 1. The molecule has 0 aliphatic rings. The number of aromatic hydroxyl groups is 1. The van der Waals surface area contributed by atoms with E-state index >= 15 is 0 Å². The molecule has 124 valence electrons. The molecule has 0 radical (unpaired) electrons. The molecule has 0 amide bonds. The van der Waals surface area contributed by atoms with E-state index in [0.717, 1.165) is 54.6 Å². The highest BCUT2D eigenvalue weighted by atomic mass is 35.5. The van der Waals surface area contributed by atoms with E-state index in [1.165, 1.54) is 0 Å². The fraction of sp³-hybridized carbons (Fsp3) is 0. The van der Waals surface area contributed by atoms with E-state index in [9.17, 15) is 5.11 Å². The molecule has 3 nitrogen and oxygen atoms in total. The van der Waals surface area contributed by atoms with E-state index in [4.69, 9.17) is 20.4 Å². The van der Waals surface area contributed by atoms with Crippen LogP contribution in [0.2, 0.25) is 5.02 Å². The third-order valence-electron chi connectivity index (χ3n) is 4.98. The first kappa shape index (κ1) is 14.0. The molecule has 0 saturated heterocycles. The van der Waals surface area contributed by atoms with Crippen LogP contribution < -0.4 is 0 Å². The third-order valence-corrected chi connectivity index (χ3v) is 5.22. The number of hydrogen-bond acceptors (Lipinski definition) is 3. The van der Waals surface area contributed by atoms with E-state index in [0.29, 0.717) is 5.02 Å². The molecule has 1 N–H and O–H groups in total. The van der Waals surface area contributed by atoms with Gasteiger partial charge in [0.1, 0.15) is 16.9 Å². The lowest BCUT2D eigenvalue weighted by Crippen LogP contribution is -1.73. The summed E-state index contributed by atoms with van der Waals surface area (Å²) >= 11 is 6.10. The number of fused-ring (bicyclic) bond motifs is 8. The maximum Gasteiger partial charge on any atom is 0.178 e. The van der Waals surface area contributed by atoms with Gasteiger partial charge in [-0.2, -0.15) is 0 Å². The molecule has 0 spiro atoms. The van der Waals surface area contributed by atoms with Gasteiger partial charge in [-0.25, -0.2) is 0 Å². The van der Waals surface area contributed by atoms with E-state index in [1.54, 1.807) is 12.1 Å². The zero-order valence-corrected chi connectivity index (χ0v) is 14.2. The molecule has 0 aliphatic carbocycles. The fourth-order valence-electron chi connectivity index (χ4n) is 3.77. The topological polar surface area (TPSA) is 46.5 Å². The summed E-state index contributed by atoms with van der Waals surface area (Å²) in [7, 11) is 0. The minimum atomic E-state index is 0.240. The molecular formula is C22H11ClO3. The summed E-state index contributed by atoms with van der Waals surface area (Å²) in [6, 6.07) is 19.2. The monoisotopic (exact) mass is 358 g/mol. The molecular weight excluding hydrogens is 348 g/mol. The van der Waals surface area contributed by atoms with Gasteiger partial charge in [-0.15, -0.1) is 0 Å². The van der Waals surface area contributed by atoms with Gasteiger partial charge in [-0.3, -0.25) is 0 Å². The molecule has 0 aliphatic heterocycles. The van der Waals surface area contributed by atoms with Crippen molar-refractivity contribution in [2.75, 3.05) is 0 Å². The van der Waals surface area contributed by atoms with Gasteiger partial charge in [0, 0.05) is 32.6 Å². The summed E-state index contributed by atoms with van der Waals surface area (Å²) < 4.78 is 12.2. The highest BCUT2D eigenvalue weighted by Crippen LogP contribution is 2.40. The molecule has 6 rings (SSSR count). The van der Waals surface area contributed by atoms with Gasteiger partial charge in [0.05, 0.1) is 0 Å². The Bertz CT molecular complexity index is 1500. The Morgan fingerprint density at radius 1 is 0.615 bits per heavy atom. The Morgan fingerprint density at radius 3 is 2.12 bits per heavy atom. The molecule has 2 heterocycles. The number of furan rings is 2. The maximum atomic E-state index is 9.73. The van der Waals surface area contributed by atoms with Crippen LogP contribution in [0.15, 0.2) is 69.5 Å². The van der Waals surface area contributed by atoms with Crippen LogP contribution in [0.1, 0.15) is 0 Å². The lowest BCUT2D eigenvalue weighted by Gasteiger charge is -1.98. The number of phenols is 1. The second-order valence-corrected chi connectivity index (χ2v) is 6.98. The van der Waals surface area contributed by atoms with Crippen molar-refractivity contribution >= 4 is 66.3 Å². The van der Waals surface area contributed by atoms with Crippen molar-refractivity contribution in [3.8, 4) is 5.75 Å². The Balaban J connectivity index is 1.79. The SMILES string of the molecule is Oc1ccc2cc3c(cc2c1)oc1c3ccc2c3ccc(Cl)cc3oc21. The zero-order chi connectivity index (χ0) is 17.4. The first-order chi connectivity index (χ1) is 12.7. The van der Waals surface area contributed by atoms with Crippen molar-refractivity contribution in [3.63, 3.8) is 0 Å². The second-order valence-electron chi connectivity index (χ2n) is 6.54. The standard InChI is InChI=1S/C22H11ClO3/c23-13-2-4-15-16-5-6-17-18-8-11-1-3-14(24)7-12(11)9-19(18)25-22(17)21(16)26-20(15)10-13/h1-10,24H. The van der Waals surface area contributed by atoms with E-state index in [1.807, 2.05) is 30.3 Å². The average molecular weight is 359 g/mol. The fourth-order valence-corrected chi connectivity index (χ4v) is 3.93. The van der Waals surface area contributed by atoms with Crippen LogP contribution in [0.4, 0.5) is 0 Å². The molecule has 0 unspecified atom stereocenters. The van der Waals surface area contributed by atoms with E-state index < -0.39 is 0 Å². The highest BCUT2D eigenvalue weighted by Gasteiger charge is 2.16. The molecule has 6 aromatic rings. The van der Waals surface area contributed by atoms with Crippen LogP contribution in [0.5, 0.6) is 5.75 Å². The summed E-state index contributed by atoms with van der Waals surface area (Å²) in [5.74, 6) is 0.240. The Hall–Kier alpha value is -3.17. The van der Waals surface area contributed by atoms with Crippen molar-refractivity contribution in [3.05, 3.63) is 65.7 Å². The van der Waals surface area contributed by atoms with Crippen molar-refractivity contribution < 1.29 is 13.9 Å². The summed E-state index contributed by atoms with van der Waals surface area (Å²) in [6.07, 6.45) is 0. The number of rotatable bonds is 0. The van der Waals surface area contributed by atoms with Gasteiger partial charge in [0.25, 0.3) is 0 Å². The second kappa shape index (κ2) is 4.71. The van der Waals surface area contributed by atoms with Gasteiger partial charge in [-0.05, 0) is 59.3 Å². The molecule has 0 saturated carbocycles. The average Bonchev–Trinajstić information content (AvgIpc) is 3.16. The van der Waals surface area contributed by atoms with Gasteiger partial charge in [-0.1, -0.05) is 17.7 Å². The van der Waals surface area contributed by atoms with Crippen molar-refractivity contribution in [1.29, 1.82) is 0 Å². The number of benzene rings is 4. The van der Waals surface area contributed by atoms with Crippen LogP contribution in [-0.2, 0) is 0 Å². The highest BCUT2D eigenvalue weighted by molar-refractivity contribution is 6.31. The number of phenolic OH excluding ortho intramolecular Hbond substituents is 1. The predicted octanol–water partition coefficient (Wildman–Crippen LogP) is 7.00. The minimum Gasteiger partial charge on any atom is -0.508 e. The Labute approximate surface area is 152 Å². The van der Waals surface area contributed by atoms with Gasteiger partial charge < -0.3 is 13.9 Å². The molecule has 0 bridgehead atoms. The van der Waals surface area contributed by atoms with Gasteiger partial charge in [0.2, 0.25) is 0 Å². The van der Waals surface area contributed by atoms with Crippen molar-refractivity contribution in [1.82, 2.24) is 0 Å². The largest absolute Gasteiger partial charge is 0.508 e. The van der Waals surface area contributed by atoms with Crippen LogP contribution >= 0.6 is 11.6 Å². The first-order valence-corrected chi connectivity index (χ1v) is 8.65. The third kappa shape index (κ3) is 1.78. The van der Waals surface area contributed by atoms with E-state index in [2.05, 4.69) is 18.2 Å². The Morgan fingerprint density at radius 2 is 1.31 bits per heavy atom. The minimum absolute atomic E-state index is 0.240. The summed E-state index contributed by atoms with van der Waals surface area (Å²) in [6.45, 7) is 0. The predicted molar refractivity (Wildman–Crippen MR) is 105 cm³/mol.